The highest BCUT2D eigenvalue weighted by molar-refractivity contribution is 4.91. The van der Waals surface area contributed by atoms with Crippen molar-refractivity contribution in [3.05, 3.63) is 0 Å². The van der Waals surface area contributed by atoms with Gasteiger partial charge in [-0.05, 0) is 18.8 Å². The third kappa shape index (κ3) is 6.55. The Morgan fingerprint density at radius 3 is 2.82 bits per heavy atom. The number of unbranched alkanes of at least 4 members (excludes halogenated alkanes) is 4. The number of hydrogen-bond donors (Lipinski definition) is 1. The van der Waals surface area contributed by atoms with Crippen LogP contribution in [0.4, 0.5) is 0 Å². The van der Waals surface area contributed by atoms with E-state index in [1.165, 1.54) is 32.1 Å². The molecule has 3 heteroatoms. The van der Waals surface area contributed by atoms with Crippen LogP contribution in [0.5, 0.6) is 0 Å². The standard InChI is InChI=1S/C14H24O3/c1-2-3-4-5-6-8-13-9-10-14(17-13)16-12-7-11-15/h13-15H,2-6,8-11H2,1H3. The number of ether oxygens (including phenoxy) is 2. The maximum Gasteiger partial charge on any atom is 0.210 e. The van der Waals surface area contributed by atoms with Crippen molar-refractivity contribution in [1.82, 2.24) is 0 Å². The Morgan fingerprint density at radius 2 is 2.06 bits per heavy atom. The fourth-order valence-corrected chi connectivity index (χ4v) is 2.09. The summed E-state index contributed by atoms with van der Waals surface area (Å²) in [6.07, 6.45) is 12.3. The van der Waals surface area contributed by atoms with Gasteiger partial charge in [-0.1, -0.05) is 39.0 Å². The van der Waals surface area contributed by atoms with Crippen molar-refractivity contribution in [3.63, 3.8) is 0 Å². The quantitative estimate of drug-likeness (QED) is 0.549. The molecule has 0 spiro atoms. The first kappa shape index (κ1) is 14.3. The molecule has 1 heterocycles. The van der Waals surface area contributed by atoms with Gasteiger partial charge in [0.25, 0.3) is 0 Å². The minimum Gasteiger partial charge on any atom is -0.414 e. The molecule has 0 aromatic heterocycles. The van der Waals surface area contributed by atoms with Gasteiger partial charge in [0, 0.05) is 6.42 Å². The molecule has 2 atom stereocenters. The molecule has 0 saturated carbocycles. The first-order chi connectivity index (χ1) is 8.36. The van der Waals surface area contributed by atoms with E-state index in [0.717, 1.165) is 19.3 Å². The molecule has 0 bridgehead atoms. The van der Waals surface area contributed by atoms with Crippen LogP contribution >= 0.6 is 0 Å². The third-order valence-electron chi connectivity index (χ3n) is 3.04. The van der Waals surface area contributed by atoms with Gasteiger partial charge in [-0.2, -0.15) is 0 Å². The summed E-state index contributed by atoms with van der Waals surface area (Å²) in [5.74, 6) is 2.46. The maximum absolute atomic E-state index is 8.48. The summed E-state index contributed by atoms with van der Waals surface area (Å²) in [7, 11) is 0. The van der Waals surface area contributed by atoms with E-state index in [9.17, 15) is 0 Å². The molecule has 1 rings (SSSR count). The summed E-state index contributed by atoms with van der Waals surface area (Å²) >= 11 is 0. The molecule has 0 aliphatic carbocycles. The normalized spacial score (nSPS) is 23.2. The largest absolute Gasteiger partial charge is 0.414 e. The average molecular weight is 240 g/mol. The first-order valence-corrected chi connectivity index (χ1v) is 6.76. The van der Waals surface area contributed by atoms with Crippen LogP contribution < -0.4 is 0 Å². The average Bonchev–Trinajstić information content (AvgIpc) is 2.77. The first-order valence-electron chi connectivity index (χ1n) is 6.76. The zero-order valence-electron chi connectivity index (χ0n) is 10.8. The van der Waals surface area contributed by atoms with Crippen molar-refractivity contribution in [2.75, 3.05) is 6.61 Å². The predicted molar refractivity (Wildman–Crippen MR) is 67.2 cm³/mol. The van der Waals surface area contributed by atoms with Crippen molar-refractivity contribution in [2.24, 2.45) is 0 Å². The molecule has 17 heavy (non-hydrogen) atoms. The summed E-state index contributed by atoms with van der Waals surface area (Å²) in [5, 5.41) is 8.48. The van der Waals surface area contributed by atoms with Crippen molar-refractivity contribution >= 4 is 0 Å². The molecule has 1 N–H and O–H groups in total. The molecular weight excluding hydrogens is 216 g/mol. The Hall–Kier alpha value is -0.720. The zero-order valence-corrected chi connectivity index (χ0v) is 10.8. The van der Waals surface area contributed by atoms with Crippen LogP contribution in [0.1, 0.15) is 58.3 Å². The molecule has 3 nitrogen and oxygen atoms in total. The second kappa shape index (κ2) is 9.32. The molecule has 98 valence electrons. The van der Waals surface area contributed by atoms with E-state index in [1.54, 1.807) is 0 Å². The molecule has 1 aliphatic rings. The molecule has 1 saturated heterocycles. The Bertz CT molecular complexity index is 242. The highest BCUT2D eigenvalue weighted by Crippen LogP contribution is 2.24. The monoisotopic (exact) mass is 240 g/mol. The Morgan fingerprint density at radius 1 is 1.24 bits per heavy atom. The minimum absolute atomic E-state index is 0.159. The highest BCUT2D eigenvalue weighted by atomic mass is 16.7. The SMILES string of the molecule is CCCCCCCC1CCC(OC#CCO)O1. The van der Waals surface area contributed by atoms with E-state index in [-0.39, 0.29) is 12.9 Å². The van der Waals surface area contributed by atoms with Crippen molar-refractivity contribution in [1.29, 1.82) is 0 Å². The minimum atomic E-state index is -0.185. The van der Waals surface area contributed by atoms with Gasteiger partial charge < -0.3 is 14.6 Å². The van der Waals surface area contributed by atoms with E-state index < -0.39 is 0 Å². The Kier molecular flexibility index (Phi) is 7.87. The van der Waals surface area contributed by atoms with Crippen LogP contribution in [0.3, 0.4) is 0 Å². The molecule has 0 aromatic rings. The topological polar surface area (TPSA) is 38.7 Å². The van der Waals surface area contributed by atoms with Gasteiger partial charge in [-0.25, -0.2) is 0 Å². The van der Waals surface area contributed by atoms with Gasteiger partial charge >= 0.3 is 0 Å². The van der Waals surface area contributed by atoms with Gasteiger partial charge in [-0.15, -0.1) is 0 Å². The Labute approximate surface area is 104 Å². The van der Waals surface area contributed by atoms with Crippen LogP contribution in [-0.4, -0.2) is 24.1 Å². The Balaban J connectivity index is 2.01. The zero-order chi connectivity index (χ0) is 12.3. The summed E-state index contributed by atoms with van der Waals surface area (Å²) in [6, 6.07) is 0. The van der Waals surface area contributed by atoms with Gasteiger partial charge in [0.15, 0.2) is 0 Å². The lowest BCUT2D eigenvalue weighted by Gasteiger charge is -2.11. The molecule has 2 unspecified atom stereocenters. The summed E-state index contributed by atoms with van der Waals surface area (Å²) in [6.45, 7) is 2.07. The smallest absolute Gasteiger partial charge is 0.210 e. The number of hydrogen-bond acceptors (Lipinski definition) is 3. The molecule has 1 aliphatic heterocycles. The van der Waals surface area contributed by atoms with Crippen molar-refractivity contribution < 1.29 is 14.6 Å². The second-order valence-corrected chi connectivity index (χ2v) is 4.52. The van der Waals surface area contributed by atoms with E-state index in [1.807, 2.05) is 0 Å². The number of aliphatic hydroxyl groups excluding tert-OH is 1. The molecule has 0 amide bonds. The predicted octanol–water partition coefficient (Wildman–Crippen LogP) is 2.82. The molecule has 0 aromatic carbocycles. The van der Waals surface area contributed by atoms with Crippen LogP contribution in [0, 0.1) is 12.0 Å². The van der Waals surface area contributed by atoms with Gasteiger partial charge in [0.2, 0.25) is 6.29 Å². The van der Waals surface area contributed by atoms with Crippen molar-refractivity contribution in [3.8, 4) is 12.0 Å². The highest BCUT2D eigenvalue weighted by Gasteiger charge is 2.25. The third-order valence-corrected chi connectivity index (χ3v) is 3.04. The fraction of sp³-hybridized carbons (Fsp3) is 0.857. The van der Waals surface area contributed by atoms with Crippen LogP contribution in [0.15, 0.2) is 0 Å². The van der Waals surface area contributed by atoms with Gasteiger partial charge in [-0.3, -0.25) is 0 Å². The molecule has 1 fully saturated rings. The van der Waals surface area contributed by atoms with Crippen LogP contribution in [-0.2, 0) is 9.47 Å². The van der Waals surface area contributed by atoms with E-state index >= 15 is 0 Å². The molecular formula is C14H24O3. The lowest BCUT2D eigenvalue weighted by molar-refractivity contribution is -0.0911. The number of aliphatic hydroxyl groups is 1. The van der Waals surface area contributed by atoms with Gasteiger partial charge in [0.1, 0.15) is 12.7 Å². The second-order valence-electron chi connectivity index (χ2n) is 4.52. The summed E-state index contributed by atoms with van der Waals surface area (Å²) in [4.78, 5) is 0. The van der Waals surface area contributed by atoms with Crippen molar-refractivity contribution in [2.45, 2.75) is 70.7 Å². The number of rotatable bonds is 7. The van der Waals surface area contributed by atoms with Crippen LogP contribution in [0.25, 0.3) is 0 Å². The van der Waals surface area contributed by atoms with E-state index in [4.69, 9.17) is 14.6 Å². The maximum atomic E-state index is 8.48. The fourth-order valence-electron chi connectivity index (χ4n) is 2.09. The summed E-state index contributed by atoms with van der Waals surface area (Å²) < 4.78 is 10.9. The van der Waals surface area contributed by atoms with E-state index in [0.29, 0.717) is 6.10 Å². The molecule has 0 radical (unpaired) electrons. The lowest BCUT2D eigenvalue weighted by atomic mass is 10.1. The lowest BCUT2D eigenvalue weighted by Crippen LogP contribution is -2.12. The van der Waals surface area contributed by atoms with E-state index in [2.05, 4.69) is 19.0 Å². The van der Waals surface area contributed by atoms with Crippen LogP contribution in [0.2, 0.25) is 0 Å². The van der Waals surface area contributed by atoms with Gasteiger partial charge in [0.05, 0.1) is 6.10 Å². The summed E-state index contributed by atoms with van der Waals surface area (Å²) in [5.41, 5.74) is 0.